The van der Waals surface area contributed by atoms with Gasteiger partial charge in [0.1, 0.15) is 17.6 Å². The normalized spacial score (nSPS) is 17.6. The van der Waals surface area contributed by atoms with E-state index >= 15 is 0 Å². The maximum Gasteiger partial charge on any atom is 0.120 e. The number of fused-ring (bicyclic) bond motifs is 1. The van der Waals surface area contributed by atoms with Crippen molar-refractivity contribution in [3.8, 4) is 11.5 Å². The molecule has 20 heavy (non-hydrogen) atoms. The fourth-order valence-electron chi connectivity index (χ4n) is 2.50. The van der Waals surface area contributed by atoms with Gasteiger partial charge in [-0.15, -0.1) is 0 Å². The Morgan fingerprint density at radius 3 is 2.55 bits per heavy atom. The molecule has 3 nitrogen and oxygen atoms in total. The first-order valence-electron chi connectivity index (χ1n) is 6.97. The zero-order valence-electron chi connectivity index (χ0n) is 11.6. The summed E-state index contributed by atoms with van der Waals surface area (Å²) in [6.45, 7) is 0.836. The minimum atomic E-state index is 0.191. The van der Waals surface area contributed by atoms with Gasteiger partial charge in [0.05, 0.1) is 13.7 Å². The second-order valence-electron chi connectivity index (χ2n) is 4.99. The van der Waals surface area contributed by atoms with E-state index in [2.05, 4.69) is 29.6 Å². The summed E-state index contributed by atoms with van der Waals surface area (Å²) < 4.78 is 11.2. The average molecular weight is 269 g/mol. The Morgan fingerprint density at radius 2 is 1.75 bits per heavy atom. The van der Waals surface area contributed by atoms with E-state index in [1.807, 2.05) is 24.3 Å². The lowest BCUT2D eigenvalue weighted by molar-refractivity contribution is 0.206. The standard InChI is InChI=1S/C17H19NO2/c1-19-14-8-10-15(11-9-14)20-16-7-6-13-4-2-3-5-17(13)18-12-16/h2-5,8-11,16,18H,6-7,12H2,1H3/t16-/m1/s1. The third kappa shape index (κ3) is 2.87. The first-order valence-corrected chi connectivity index (χ1v) is 6.97. The van der Waals surface area contributed by atoms with E-state index in [0.717, 1.165) is 30.9 Å². The second kappa shape index (κ2) is 5.87. The lowest BCUT2D eigenvalue weighted by Crippen LogP contribution is -2.24. The van der Waals surface area contributed by atoms with Gasteiger partial charge >= 0.3 is 0 Å². The molecule has 1 aliphatic heterocycles. The molecule has 0 bridgehead atoms. The lowest BCUT2D eigenvalue weighted by atomic mass is 10.1. The highest BCUT2D eigenvalue weighted by Gasteiger charge is 2.16. The van der Waals surface area contributed by atoms with Crippen molar-refractivity contribution in [3.63, 3.8) is 0 Å². The van der Waals surface area contributed by atoms with Crippen molar-refractivity contribution in [2.24, 2.45) is 0 Å². The Kier molecular flexibility index (Phi) is 3.77. The fourth-order valence-corrected chi connectivity index (χ4v) is 2.50. The van der Waals surface area contributed by atoms with E-state index in [1.165, 1.54) is 11.3 Å². The predicted molar refractivity (Wildman–Crippen MR) is 80.7 cm³/mol. The van der Waals surface area contributed by atoms with Crippen molar-refractivity contribution >= 4 is 5.69 Å². The van der Waals surface area contributed by atoms with Crippen LogP contribution in [-0.2, 0) is 6.42 Å². The maximum absolute atomic E-state index is 6.05. The predicted octanol–water partition coefficient (Wildman–Crippen LogP) is 3.50. The van der Waals surface area contributed by atoms with Crippen LogP contribution < -0.4 is 14.8 Å². The number of benzene rings is 2. The van der Waals surface area contributed by atoms with E-state index in [9.17, 15) is 0 Å². The van der Waals surface area contributed by atoms with E-state index in [-0.39, 0.29) is 6.10 Å². The van der Waals surface area contributed by atoms with Gasteiger partial charge in [0, 0.05) is 5.69 Å². The molecule has 3 heteroatoms. The van der Waals surface area contributed by atoms with Crippen molar-refractivity contribution in [1.82, 2.24) is 0 Å². The van der Waals surface area contributed by atoms with Gasteiger partial charge < -0.3 is 14.8 Å². The molecule has 0 fully saturated rings. The Morgan fingerprint density at radius 1 is 1.00 bits per heavy atom. The number of nitrogens with one attached hydrogen (secondary N) is 1. The van der Waals surface area contributed by atoms with Crippen LogP contribution in [0.2, 0.25) is 0 Å². The van der Waals surface area contributed by atoms with Gasteiger partial charge in [0.25, 0.3) is 0 Å². The van der Waals surface area contributed by atoms with E-state index in [1.54, 1.807) is 7.11 Å². The molecular weight excluding hydrogens is 250 g/mol. The van der Waals surface area contributed by atoms with Crippen molar-refractivity contribution in [2.75, 3.05) is 19.0 Å². The first-order chi connectivity index (χ1) is 9.85. The fraction of sp³-hybridized carbons (Fsp3) is 0.294. The van der Waals surface area contributed by atoms with Gasteiger partial charge in [0.15, 0.2) is 0 Å². The number of anilines is 1. The molecule has 2 aromatic rings. The molecule has 1 N–H and O–H groups in total. The topological polar surface area (TPSA) is 30.5 Å². The highest BCUT2D eigenvalue weighted by molar-refractivity contribution is 5.52. The Labute approximate surface area is 119 Å². The molecule has 1 heterocycles. The van der Waals surface area contributed by atoms with E-state index < -0.39 is 0 Å². The van der Waals surface area contributed by atoms with Crippen LogP contribution in [0.3, 0.4) is 0 Å². The van der Waals surface area contributed by atoms with Crippen molar-refractivity contribution in [2.45, 2.75) is 18.9 Å². The summed E-state index contributed by atoms with van der Waals surface area (Å²) in [5.41, 5.74) is 2.60. The SMILES string of the molecule is COc1ccc(O[C@@H]2CCc3ccccc3NC2)cc1. The zero-order chi connectivity index (χ0) is 13.8. The summed E-state index contributed by atoms with van der Waals surface area (Å²) >= 11 is 0. The van der Waals surface area contributed by atoms with Crippen molar-refractivity contribution in [3.05, 3.63) is 54.1 Å². The lowest BCUT2D eigenvalue weighted by Gasteiger charge is -2.17. The molecule has 0 saturated heterocycles. The van der Waals surface area contributed by atoms with Crippen LogP contribution in [-0.4, -0.2) is 19.8 Å². The minimum absolute atomic E-state index is 0.191. The molecule has 1 aliphatic rings. The van der Waals surface area contributed by atoms with Crippen LogP contribution in [0.1, 0.15) is 12.0 Å². The van der Waals surface area contributed by atoms with Crippen LogP contribution in [0.4, 0.5) is 5.69 Å². The molecular formula is C17H19NO2. The Balaban J connectivity index is 1.65. The quantitative estimate of drug-likeness (QED) is 0.925. The molecule has 3 rings (SSSR count). The number of methoxy groups -OCH3 is 1. The van der Waals surface area contributed by atoms with Crippen molar-refractivity contribution in [1.29, 1.82) is 0 Å². The highest BCUT2D eigenvalue weighted by Crippen LogP contribution is 2.24. The molecule has 0 radical (unpaired) electrons. The number of hydrogen-bond donors (Lipinski definition) is 1. The van der Waals surface area contributed by atoms with Gasteiger partial charge in [0.2, 0.25) is 0 Å². The van der Waals surface area contributed by atoms with Gasteiger partial charge in [-0.3, -0.25) is 0 Å². The van der Waals surface area contributed by atoms with Gasteiger partial charge in [-0.2, -0.15) is 0 Å². The van der Waals surface area contributed by atoms with E-state index in [0.29, 0.717) is 0 Å². The number of aryl methyl sites for hydroxylation is 1. The minimum Gasteiger partial charge on any atom is -0.497 e. The number of para-hydroxylation sites is 1. The maximum atomic E-state index is 6.05. The van der Waals surface area contributed by atoms with Crippen LogP contribution in [0.5, 0.6) is 11.5 Å². The summed E-state index contributed by atoms with van der Waals surface area (Å²) in [5.74, 6) is 1.74. The molecule has 0 saturated carbocycles. The zero-order valence-corrected chi connectivity index (χ0v) is 11.6. The monoisotopic (exact) mass is 269 g/mol. The summed E-state index contributed by atoms with van der Waals surface area (Å²) in [6.07, 6.45) is 2.26. The van der Waals surface area contributed by atoms with Crippen molar-refractivity contribution < 1.29 is 9.47 Å². The third-order valence-electron chi connectivity index (χ3n) is 3.64. The summed E-state index contributed by atoms with van der Waals surface area (Å²) in [6, 6.07) is 16.2. The highest BCUT2D eigenvalue weighted by atomic mass is 16.5. The molecule has 104 valence electrons. The Bertz CT molecular complexity index is 538. The summed E-state index contributed by atoms with van der Waals surface area (Å²) in [7, 11) is 1.67. The molecule has 2 aromatic carbocycles. The number of rotatable bonds is 3. The first kappa shape index (κ1) is 12.9. The average Bonchev–Trinajstić information content (AvgIpc) is 2.71. The van der Waals surface area contributed by atoms with Gasteiger partial charge in [-0.05, 0) is 48.7 Å². The molecule has 1 atom stereocenters. The third-order valence-corrected chi connectivity index (χ3v) is 3.64. The molecule has 0 spiro atoms. The largest absolute Gasteiger partial charge is 0.497 e. The molecule has 0 aromatic heterocycles. The van der Waals surface area contributed by atoms with Crippen LogP contribution in [0, 0.1) is 0 Å². The number of ether oxygens (including phenoxy) is 2. The van der Waals surface area contributed by atoms with Crippen LogP contribution in [0.15, 0.2) is 48.5 Å². The van der Waals surface area contributed by atoms with Gasteiger partial charge in [-0.25, -0.2) is 0 Å². The van der Waals surface area contributed by atoms with Crippen LogP contribution >= 0.6 is 0 Å². The molecule has 0 aliphatic carbocycles. The molecule has 0 unspecified atom stereocenters. The Hall–Kier alpha value is -2.16. The van der Waals surface area contributed by atoms with E-state index in [4.69, 9.17) is 9.47 Å². The smallest absolute Gasteiger partial charge is 0.120 e. The summed E-state index contributed by atoms with van der Waals surface area (Å²) in [5, 5.41) is 3.47. The van der Waals surface area contributed by atoms with Gasteiger partial charge in [-0.1, -0.05) is 18.2 Å². The van der Waals surface area contributed by atoms with Crippen LogP contribution in [0.25, 0.3) is 0 Å². The number of hydrogen-bond acceptors (Lipinski definition) is 3. The molecule has 0 amide bonds. The second-order valence-corrected chi connectivity index (χ2v) is 4.99. The summed E-state index contributed by atoms with van der Waals surface area (Å²) in [4.78, 5) is 0.